The molecule has 0 bridgehead atoms. The summed E-state index contributed by atoms with van der Waals surface area (Å²) in [6, 6.07) is 17.2. The highest BCUT2D eigenvalue weighted by molar-refractivity contribution is 7.89. The molecule has 1 fully saturated rings. The fourth-order valence-electron chi connectivity index (χ4n) is 3.65. The van der Waals surface area contributed by atoms with Crippen LogP contribution in [0.2, 0.25) is 0 Å². The van der Waals surface area contributed by atoms with Gasteiger partial charge in [-0.3, -0.25) is 9.69 Å². The molecule has 1 N–H and O–H groups in total. The van der Waals surface area contributed by atoms with Crippen LogP contribution >= 0.6 is 0 Å². The molecular weight excluding hydrogens is 410 g/mol. The third kappa shape index (κ3) is 6.38. The van der Waals surface area contributed by atoms with Crippen molar-refractivity contribution in [3.63, 3.8) is 0 Å². The molecule has 0 aromatic heterocycles. The normalized spacial score (nSPS) is 16.2. The molecule has 31 heavy (non-hydrogen) atoms. The van der Waals surface area contributed by atoms with E-state index in [0.29, 0.717) is 44.2 Å². The summed E-state index contributed by atoms with van der Waals surface area (Å²) < 4.78 is 27.5. The molecule has 1 aliphatic heterocycles. The number of rotatable bonds is 7. The van der Waals surface area contributed by atoms with E-state index in [9.17, 15) is 13.2 Å². The predicted molar refractivity (Wildman–Crippen MR) is 123 cm³/mol. The summed E-state index contributed by atoms with van der Waals surface area (Å²) in [6.45, 7) is 9.08. The largest absolute Gasteiger partial charge is 0.355 e. The van der Waals surface area contributed by atoms with Crippen molar-refractivity contribution in [3.8, 4) is 0 Å². The number of benzene rings is 2. The van der Waals surface area contributed by atoms with E-state index in [4.69, 9.17) is 0 Å². The van der Waals surface area contributed by atoms with Crippen LogP contribution in [0.3, 0.4) is 0 Å². The minimum absolute atomic E-state index is 0.0183. The first-order valence-corrected chi connectivity index (χ1v) is 12.2. The van der Waals surface area contributed by atoms with Crippen LogP contribution in [0.4, 0.5) is 0 Å². The molecule has 0 unspecified atom stereocenters. The molecule has 0 aliphatic carbocycles. The molecule has 1 heterocycles. The summed E-state index contributed by atoms with van der Waals surface area (Å²) in [4.78, 5) is 14.6. The van der Waals surface area contributed by atoms with Crippen LogP contribution < -0.4 is 5.32 Å². The van der Waals surface area contributed by atoms with Crippen LogP contribution in [-0.2, 0) is 26.7 Å². The maximum Gasteiger partial charge on any atom is 0.243 e. The van der Waals surface area contributed by atoms with Crippen molar-refractivity contribution in [1.82, 2.24) is 14.5 Å². The zero-order chi connectivity index (χ0) is 22.5. The van der Waals surface area contributed by atoms with E-state index in [2.05, 4.69) is 26.1 Å². The van der Waals surface area contributed by atoms with E-state index in [1.807, 2.05) is 47.4 Å². The number of nitrogens with one attached hydrogen (secondary N) is 1. The van der Waals surface area contributed by atoms with Crippen LogP contribution in [0.25, 0.3) is 0 Å². The second-order valence-corrected chi connectivity index (χ2v) is 11.0. The van der Waals surface area contributed by atoms with Crippen LogP contribution in [-0.4, -0.2) is 62.8 Å². The molecule has 1 saturated heterocycles. The van der Waals surface area contributed by atoms with Gasteiger partial charge in [0.25, 0.3) is 0 Å². The lowest BCUT2D eigenvalue weighted by atomic mass is 9.87. The average Bonchev–Trinajstić information content (AvgIpc) is 2.74. The monoisotopic (exact) mass is 443 g/mol. The van der Waals surface area contributed by atoms with Gasteiger partial charge >= 0.3 is 0 Å². The maximum atomic E-state index is 13.0. The van der Waals surface area contributed by atoms with Gasteiger partial charge in [0, 0.05) is 32.7 Å². The van der Waals surface area contributed by atoms with Crippen molar-refractivity contribution < 1.29 is 13.2 Å². The summed E-state index contributed by atoms with van der Waals surface area (Å²) >= 11 is 0. The quantitative estimate of drug-likeness (QED) is 0.714. The van der Waals surface area contributed by atoms with Crippen LogP contribution in [0, 0.1) is 0 Å². The average molecular weight is 444 g/mol. The lowest BCUT2D eigenvalue weighted by Gasteiger charge is -2.33. The van der Waals surface area contributed by atoms with E-state index >= 15 is 0 Å². The Bertz CT molecular complexity index is 959. The molecule has 2 aromatic carbocycles. The summed E-state index contributed by atoms with van der Waals surface area (Å²) in [5, 5.41) is 2.95. The lowest BCUT2D eigenvalue weighted by Crippen LogP contribution is -2.51. The van der Waals surface area contributed by atoms with Gasteiger partial charge in [-0.2, -0.15) is 4.31 Å². The van der Waals surface area contributed by atoms with Gasteiger partial charge < -0.3 is 5.32 Å². The Hall–Kier alpha value is -2.22. The van der Waals surface area contributed by atoms with Crippen molar-refractivity contribution in [3.05, 3.63) is 65.7 Å². The summed E-state index contributed by atoms with van der Waals surface area (Å²) in [7, 11) is -3.51. The molecule has 6 nitrogen and oxygen atoms in total. The lowest BCUT2D eigenvalue weighted by molar-refractivity contribution is -0.122. The van der Waals surface area contributed by atoms with Crippen LogP contribution in [0.5, 0.6) is 0 Å². The molecule has 0 atom stereocenters. The molecule has 0 saturated carbocycles. The highest BCUT2D eigenvalue weighted by atomic mass is 32.2. The topological polar surface area (TPSA) is 69.7 Å². The van der Waals surface area contributed by atoms with Crippen molar-refractivity contribution in [1.29, 1.82) is 0 Å². The highest BCUT2D eigenvalue weighted by Gasteiger charge is 2.29. The number of sulfonamides is 1. The van der Waals surface area contributed by atoms with Gasteiger partial charge in [0.15, 0.2) is 0 Å². The number of hydrogen-bond donors (Lipinski definition) is 1. The van der Waals surface area contributed by atoms with Gasteiger partial charge in [-0.05, 0) is 35.1 Å². The third-order valence-corrected chi connectivity index (χ3v) is 7.55. The standard InChI is InChI=1S/C24H33N3O3S/c1-24(2,3)21-9-11-22(12-10-21)31(29,30)27-17-15-26(16-18-27)19-23(28)25-14-13-20-7-5-4-6-8-20/h4-12H,13-19H2,1-3H3,(H,25,28). The molecule has 7 heteroatoms. The van der Waals surface area contributed by atoms with Crippen molar-refractivity contribution in [2.75, 3.05) is 39.3 Å². The summed E-state index contributed by atoms with van der Waals surface area (Å²) in [5.41, 5.74) is 2.28. The third-order valence-electron chi connectivity index (χ3n) is 5.64. The van der Waals surface area contributed by atoms with Crippen molar-refractivity contribution in [2.45, 2.75) is 37.5 Å². The van der Waals surface area contributed by atoms with Crippen molar-refractivity contribution in [2.24, 2.45) is 0 Å². The van der Waals surface area contributed by atoms with Gasteiger partial charge in [-0.25, -0.2) is 8.42 Å². The Morgan fingerprint density at radius 3 is 2.13 bits per heavy atom. The fraction of sp³-hybridized carbons (Fsp3) is 0.458. The first-order chi connectivity index (χ1) is 14.7. The minimum atomic E-state index is -3.51. The van der Waals surface area contributed by atoms with Crippen LogP contribution in [0.1, 0.15) is 31.9 Å². The predicted octanol–water partition coefficient (Wildman–Crippen LogP) is 2.65. The number of carbonyl (C=O) groups excluding carboxylic acids is 1. The zero-order valence-corrected chi connectivity index (χ0v) is 19.5. The molecule has 3 rings (SSSR count). The molecular formula is C24H33N3O3S. The number of piperazine rings is 1. The molecule has 2 aromatic rings. The number of carbonyl (C=O) groups is 1. The first-order valence-electron chi connectivity index (χ1n) is 10.8. The second-order valence-electron chi connectivity index (χ2n) is 9.04. The molecule has 0 radical (unpaired) electrons. The second kappa shape index (κ2) is 9.94. The first kappa shape index (κ1) is 23.4. The van der Waals surface area contributed by atoms with Gasteiger partial charge in [-0.15, -0.1) is 0 Å². The smallest absolute Gasteiger partial charge is 0.243 e. The Labute approximate surface area is 186 Å². The van der Waals surface area contributed by atoms with Gasteiger partial charge in [-0.1, -0.05) is 63.2 Å². The van der Waals surface area contributed by atoms with E-state index < -0.39 is 10.0 Å². The van der Waals surface area contributed by atoms with Gasteiger partial charge in [0.05, 0.1) is 11.4 Å². The Balaban J connectivity index is 1.46. The fourth-order valence-corrected chi connectivity index (χ4v) is 5.08. The van der Waals surface area contributed by atoms with Gasteiger partial charge in [0.1, 0.15) is 0 Å². The number of amides is 1. The Kier molecular flexibility index (Phi) is 7.51. The summed E-state index contributed by atoms with van der Waals surface area (Å²) in [6.07, 6.45) is 0.798. The zero-order valence-electron chi connectivity index (χ0n) is 18.7. The number of hydrogen-bond acceptors (Lipinski definition) is 4. The number of nitrogens with zero attached hydrogens (tertiary/aromatic N) is 2. The summed E-state index contributed by atoms with van der Waals surface area (Å²) in [5.74, 6) is -0.0231. The van der Waals surface area contributed by atoms with Crippen LogP contribution in [0.15, 0.2) is 59.5 Å². The maximum absolute atomic E-state index is 13.0. The van der Waals surface area contributed by atoms with E-state index in [1.165, 1.54) is 9.87 Å². The van der Waals surface area contributed by atoms with Crippen molar-refractivity contribution >= 4 is 15.9 Å². The van der Waals surface area contributed by atoms with Gasteiger partial charge in [0.2, 0.25) is 15.9 Å². The molecule has 168 valence electrons. The van der Waals surface area contributed by atoms with E-state index in [0.717, 1.165) is 12.0 Å². The Morgan fingerprint density at radius 2 is 1.55 bits per heavy atom. The Morgan fingerprint density at radius 1 is 0.935 bits per heavy atom. The van der Waals surface area contributed by atoms with E-state index in [1.54, 1.807) is 12.1 Å². The molecule has 1 amide bonds. The minimum Gasteiger partial charge on any atom is -0.355 e. The molecule has 0 spiro atoms. The highest BCUT2D eigenvalue weighted by Crippen LogP contribution is 2.25. The van der Waals surface area contributed by atoms with E-state index in [-0.39, 0.29) is 11.3 Å². The SMILES string of the molecule is CC(C)(C)c1ccc(S(=O)(=O)N2CCN(CC(=O)NCCc3ccccc3)CC2)cc1. The molecule has 1 aliphatic rings.